The first-order chi connectivity index (χ1) is 13.2. The third kappa shape index (κ3) is 4.25. The van der Waals surface area contributed by atoms with Crippen LogP contribution in [-0.4, -0.2) is 48.1 Å². The summed E-state index contributed by atoms with van der Waals surface area (Å²) < 4.78 is 13.0. The summed E-state index contributed by atoms with van der Waals surface area (Å²) in [5, 5.41) is 0. The maximum atomic E-state index is 13.0. The lowest BCUT2D eigenvalue weighted by atomic mass is 9.89. The van der Waals surface area contributed by atoms with E-state index < -0.39 is 0 Å². The Morgan fingerprint density at radius 3 is 2.56 bits per heavy atom. The summed E-state index contributed by atoms with van der Waals surface area (Å²) in [5.41, 5.74) is 2.95. The number of Topliss-reactive ketones (excluding diaryl/α,β-unsaturated/α-hetero) is 1. The molecule has 4 nitrogen and oxygen atoms in total. The van der Waals surface area contributed by atoms with E-state index in [1.54, 1.807) is 12.1 Å². The van der Waals surface area contributed by atoms with Crippen molar-refractivity contribution in [3.63, 3.8) is 0 Å². The van der Waals surface area contributed by atoms with E-state index in [0.717, 1.165) is 51.3 Å². The summed E-state index contributed by atoms with van der Waals surface area (Å²) in [6.45, 7) is 4.68. The molecule has 0 aliphatic carbocycles. The highest BCUT2D eigenvalue weighted by atomic mass is 19.1. The molecule has 4 rings (SSSR count). The number of nitrogens with zero attached hydrogens (tertiary/aromatic N) is 3. The number of likely N-dealkylation sites (tertiary alicyclic amines) is 1. The summed E-state index contributed by atoms with van der Waals surface area (Å²) in [6.07, 6.45) is 3.67. The number of hydrogen-bond acceptors (Lipinski definition) is 4. The SMILES string of the molecule is O=C(c1ccc(F)cc1)C1CCN(CCN2C=Nc3ccccc3C2)CC1. The topological polar surface area (TPSA) is 35.9 Å². The molecule has 0 N–H and O–H groups in total. The number of rotatable bonds is 5. The van der Waals surface area contributed by atoms with Crippen molar-refractivity contribution in [2.75, 3.05) is 26.2 Å². The zero-order valence-corrected chi connectivity index (χ0v) is 15.4. The predicted molar refractivity (Wildman–Crippen MR) is 105 cm³/mol. The molecule has 0 amide bonds. The van der Waals surface area contributed by atoms with E-state index in [1.807, 2.05) is 18.5 Å². The lowest BCUT2D eigenvalue weighted by molar-refractivity contribution is 0.0836. The van der Waals surface area contributed by atoms with Crippen LogP contribution in [0.4, 0.5) is 10.1 Å². The Bertz CT molecular complexity index is 826. The number of ketones is 1. The Kier molecular flexibility index (Phi) is 5.30. The average Bonchev–Trinajstić information content (AvgIpc) is 2.72. The minimum atomic E-state index is -0.301. The molecule has 2 heterocycles. The van der Waals surface area contributed by atoms with Crippen LogP contribution in [0.3, 0.4) is 0 Å². The highest BCUT2D eigenvalue weighted by Crippen LogP contribution is 2.24. The van der Waals surface area contributed by atoms with Crippen LogP contribution >= 0.6 is 0 Å². The summed E-state index contributed by atoms with van der Waals surface area (Å²) in [7, 11) is 0. The van der Waals surface area contributed by atoms with Crippen molar-refractivity contribution in [3.8, 4) is 0 Å². The van der Waals surface area contributed by atoms with Gasteiger partial charge in [0.25, 0.3) is 0 Å². The number of fused-ring (bicyclic) bond motifs is 1. The summed E-state index contributed by atoms with van der Waals surface area (Å²) in [5.74, 6) is -0.102. The number of benzene rings is 2. The van der Waals surface area contributed by atoms with E-state index in [-0.39, 0.29) is 17.5 Å². The minimum Gasteiger partial charge on any atom is -0.357 e. The molecule has 0 saturated carbocycles. The van der Waals surface area contributed by atoms with E-state index in [4.69, 9.17) is 0 Å². The highest BCUT2D eigenvalue weighted by Gasteiger charge is 2.26. The second kappa shape index (κ2) is 8.01. The summed E-state index contributed by atoms with van der Waals surface area (Å²) in [6, 6.07) is 14.2. The van der Waals surface area contributed by atoms with Gasteiger partial charge in [-0.1, -0.05) is 18.2 Å². The molecule has 2 aliphatic heterocycles. The van der Waals surface area contributed by atoms with Crippen molar-refractivity contribution in [2.24, 2.45) is 10.9 Å². The Labute approximate surface area is 159 Å². The van der Waals surface area contributed by atoms with Gasteiger partial charge in [-0.2, -0.15) is 0 Å². The molecule has 2 aromatic rings. The van der Waals surface area contributed by atoms with Crippen LogP contribution in [0.2, 0.25) is 0 Å². The lowest BCUT2D eigenvalue weighted by Gasteiger charge is -2.33. The molecule has 0 unspecified atom stereocenters. The highest BCUT2D eigenvalue weighted by molar-refractivity contribution is 5.97. The molecular formula is C22H24FN3O. The molecule has 1 saturated heterocycles. The third-order valence-electron chi connectivity index (χ3n) is 5.52. The first-order valence-electron chi connectivity index (χ1n) is 9.57. The molecule has 1 fully saturated rings. The molecular weight excluding hydrogens is 341 g/mol. The van der Waals surface area contributed by atoms with Gasteiger partial charge in [0, 0.05) is 31.1 Å². The second-order valence-corrected chi connectivity index (χ2v) is 7.33. The standard InChI is InChI=1S/C22H24FN3O/c23-20-7-5-17(6-8-20)22(27)18-9-11-25(12-10-18)13-14-26-15-19-3-1-2-4-21(19)24-16-26/h1-8,16,18H,9-15H2. The molecule has 0 radical (unpaired) electrons. The third-order valence-corrected chi connectivity index (χ3v) is 5.52. The van der Waals surface area contributed by atoms with Crippen LogP contribution < -0.4 is 0 Å². The van der Waals surface area contributed by atoms with E-state index in [1.165, 1.54) is 17.7 Å². The number of carbonyl (C=O) groups is 1. The van der Waals surface area contributed by atoms with Crippen LogP contribution in [0.15, 0.2) is 53.5 Å². The van der Waals surface area contributed by atoms with Crippen molar-refractivity contribution >= 4 is 17.8 Å². The number of piperidine rings is 1. The molecule has 2 aliphatic rings. The largest absolute Gasteiger partial charge is 0.357 e. The minimum absolute atomic E-state index is 0.0511. The number of halogens is 1. The van der Waals surface area contributed by atoms with Crippen LogP contribution in [0.25, 0.3) is 0 Å². The van der Waals surface area contributed by atoms with Gasteiger partial charge in [0.15, 0.2) is 5.78 Å². The molecule has 27 heavy (non-hydrogen) atoms. The van der Waals surface area contributed by atoms with Gasteiger partial charge in [0.05, 0.1) is 12.0 Å². The van der Waals surface area contributed by atoms with E-state index in [0.29, 0.717) is 5.56 Å². The van der Waals surface area contributed by atoms with Crippen LogP contribution in [-0.2, 0) is 6.54 Å². The van der Waals surface area contributed by atoms with E-state index >= 15 is 0 Å². The fourth-order valence-corrected chi connectivity index (χ4v) is 3.85. The van der Waals surface area contributed by atoms with Gasteiger partial charge in [-0.25, -0.2) is 9.38 Å². The Morgan fingerprint density at radius 1 is 1.04 bits per heavy atom. The first-order valence-corrected chi connectivity index (χ1v) is 9.57. The van der Waals surface area contributed by atoms with E-state index in [9.17, 15) is 9.18 Å². The van der Waals surface area contributed by atoms with Crippen molar-refractivity contribution in [1.29, 1.82) is 0 Å². The van der Waals surface area contributed by atoms with Crippen LogP contribution in [0.5, 0.6) is 0 Å². The van der Waals surface area contributed by atoms with Crippen LogP contribution in [0, 0.1) is 11.7 Å². The molecule has 0 aromatic heterocycles. The Morgan fingerprint density at radius 2 is 1.78 bits per heavy atom. The summed E-state index contributed by atoms with van der Waals surface area (Å²) >= 11 is 0. The predicted octanol–water partition coefficient (Wildman–Crippen LogP) is 3.90. The molecule has 2 aromatic carbocycles. The smallest absolute Gasteiger partial charge is 0.166 e. The first kappa shape index (κ1) is 17.9. The Hall–Kier alpha value is -2.53. The number of aliphatic imine (C=N–C) groups is 1. The average molecular weight is 365 g/mol. The maximum absolute atomic E-state index is 13.0. The molecule has 5 heteroatoms. The van der Waals surface area contributed by atoms with Crippen molar-refractivity contribution < 1.29 is 9.18 Å². The van der Waals surface area contributed by atoms with Crippen molar-refractivity contribution in [3.05, 3.63) is 65.5 Å². The fourth-order valence-electron chi connectivity index (χ4n) is 3.85. The number of hydrogen-bond donors (Lipinski definition) is 0. The number of para-hydroxylation sites is 1. The van der Waals surface area contributed by atoms with Crippen LogP contribution in [0.1, 0.15) is 28.8 Å². The van der Waals surface area contributed by atoms with E-state index in [2.05, 4.69) is 26.9 Å². The normalized spacial score (nSPS) is 17.7. The van der Waals surface area contributed by atoms with Gasteiger partial charge in [0.2, 0.25) is 0 Å². The monoisotopic (exact) mass is 365 g/mol. The number of carbonyl (C=O) groups excluding carboxylic acids is 1. The van der Waals surface area contributed by atoms with Gasteiger partial charge >= 0.3 is 0 Å². The molecule has 140 valence electrons. The van der Waals surface area contributed by atoms with Gasteiger partial charge in [-0.05, 0) is 61.8 Å². The van der Waals surface area contributed by atoms with Gasteiger partial charge < -0.3 is 9.80 Å². The molecule has 0 bridgehead atoms. The van der Waals surface area contributed by atoms with Gasteiger partial charge in [-0.3, -0.25) is 4.79 Å². The van der Waals surface area contributed by atoms with Gasteiger partial charge in [-0.15, -0.1) is 0 Å². The maximum Gasteiger partial charge on any atom is 0.166 e. The summed E-state index contributed by atoms with van der Waals surface area (Å²) in [4.78, 5) is 21.8. The Balaban J connectivity index is 1.24. The lowest BCUT2D eigenvalue weighted by Crippen LogP contribution is -2.41. The zero-order chi connectivity index (χ0) is 18.6. The van der Waals surface area contributed by atoms with Crippen molar-refractivity contribution in [2.45, 2.75) is 19.4 Å². The fraction of sp³-hybridized carbons (Fsp3) is 0.364. The molecule has 0 atom stereocenters. The second-order valence-electron chi connectivity index (χ2n) is 7.33. The van der Waals surface area contributed by atoms with Gasteiger partial charge in [0.1, 0.15) is 5.82 Å². The van der Waals surface area contributed by atoms with Crippen molar-refractivity contribution in [1.82, 2.24) is 9.80 Å². The molecule has 0 spiro atoms. The zero-order valence-electron chi connectivity index (χ0n) is 15.4. The quantitative estimate of drug-likeness (QED) is 0.754.